The van der Waals surface area contributed by atoms with E-state index in [0.717, 1.165) is 42.7 Å². The second kappa shape index (κ2) is 9.22. The van der Waals surface area contributed by atoms with Crippen molar-refractivity contribution < 1.29 is 9.84 Å². The first-order valence-corrected chi connectivity index (χ1v) is 12.8. The minimum Gasteiger partial charge on any atom is -0.480 e. The highest BCUT2D eigenvalue weighted by atomic mass is 32.1. The Labute approximate surface area is 202 Å². The summed E-state index contributed by atoms with van der Waals surface area (Å²) in [5.74, 6) is 0.467. The molecule has 0 radical (unpaired) electrons. The molecule has 0 spiro atoms. The average Bonchev–Trinajstić information content (AvgIpc) is 3.42. The molecule has 5 heterocycles. The zero-order chi connectivity index (χ0) is 23.1. The summed E-state index contributed by atoms with van der Waals surface area (Å²) in [5, 5.41) is 16.2. The molecular formula is C25H30N6O2S. The molecule has 3 atom stereocenters. The van der Waals surface area contributed by atoms with Gasteiger partial charge in [0, 0.05) is 54.4 Å². The zero-order valence-corrected chi connectivity index (χ0v) is 20.1. The number of piperidine rings is 1. The smallest absolute Gasteiger partial charge is 0.232 e. The molecular weight excluding hydrogens is 448 g/mol. The number of methoxy groups -OCH3 is 1. The highest BCUT2D eigenvalue weighted by molar-refractivity contribution is 7.03. The Kier molecular flexibility index (Phi) is 5.94. The number of hydrogen-bond donors (Lipinski definition) is 2. The summed E-state index contributed by atoms with van der Waals surface area (Å²) in [5.41, 5.74) is 2.32. The van der Waals surface area contributed by atoms with Gasteiger partial charge in [0.1, 0.15) is 0 Å². The average molecular weight is 479 g/mol. The monoisotopic (exact) mass is 478 g/mol. The summed E-state index contributed by atoms with van der Waals surface area (Å²) in [6.45, 7) is 2.41. The van der Waals surface area contributed by atoms with Crippen LogP contribution < -0.4 is 19.8 Å². The van der Waals surface area contributed by atoms with Crippen LogP contribution in [0.3, 0.4) is 0 Å². The van der Waals surface area contributed by atoms with Crippen molar-refractivity contribution >= 4 is 34.8 Å². The second-order valence-corrected chi connectivity index (χ2v) is 10.3. The van der Waals surface area contributed by atoms with Gasteiger partial charge in [0.15, 0.2) is 0 Å². The molecule has 1 aromatic carbocycles. The summed E-state index contributed by atoms with van der Waals surface area (Å²) >= 11 is 1.56. The first-order chi connectivity index (χ1) is 16.7. The highest BCUT2D eigenvalue weighted by Gasteiger charge is 2.41. The molecule has 3 unspecified atom stereocenters. The van der Waals surface area contributed by atoms with Gasteiger partial charge >= 0.3 is 0 Å². The van der Waals surface area contributed by atoms with Crippen molar-refractivity contribution in [1.29, 1.82) is 0 Å². The third-order valence-electron chi connectivity index (χ3n) is 7.46. The molecule has 0 saturated carbocycles. The lowest BCUT2D eigenvalue weighted by Gasteiger charge is -2.40. The minimum atomic E-state index is -0.607. The van der Waals surface area contributed by atoms with E-state index in [0.29, 0.717) is 30.6 Å². The topological polar surface area (TPSA) is 86.6 Å². The van der Waals surface area contributed by atoms with Crippen molar-refractivity contribution in [2.45, 2.75) is 49.9 Å². The van der Waals surface area contributed by atoms with Crippen LogP contribution in [0.25, 0.3) is 23.3 Å². The maximum atomic E-state index is 11.2. The Balaban J connectivity index is 1.10. The number of hydrogen-bond acceptors (Lipinski definition) is 9. The first-order valence-electron chi connectivity index (χ1n) is 12.0. The molecule has 3 aliphatic heterocycles. The number of rotatable bonds is 7. The van der Waals surface area contributed by atoms with E-state index in [1.165, 1.54) is 22.6 Å². The van der Waals surface area contributed by atoms with E-state index >= 15 is 0 Å². The molecule has 178 valence electrons. The van der Waals surface area contributed by atoms with E-state index in [4.69, 9.17) is 4.74 Å². The number of aromatic nitrogens is 3. The Morgan fingerprint density at radius 2 is 2.09 bits per heavy atom. The predicted molar refractivity (Wildman–Crippen MR) is 133 cm³/mol. The minimum absolute atomic E-state index is 0.467. The van der Waals surface area contributed by atoms with E-state index in [-0.39, 0.29) is 0 Å². The summed E-state index contributed by atoms with van der Waals surface area (Å²) < 4.78 is 10.8. The maximum absolute atomic E-state index is 11.2. The van der Waals surface area contributed by atoms with Crippen LogP contribution in [0.5, 0.6) is 5.88 Å². The van der Waals surface area contributed by atoms with Gasteiger partial charge in [-0.05, 0) is 49.4 Å². The number of ether oxygens (including phenoxy) is 1. The van der Waals surface area contributed by atoms with Crippen LogP contribution in [0, 0.1) is 0 Å². The number of benzene rings is 1. The van der Waals surface area contributed by atoms with Crippen molar-refractivity contribution in [2.24, 2.45) is 0 Å². The van der Waals surface area contributed by atoms with E-state index < -0.39 is 6.10 Å². The Bertz CT molecular complexity index is 1280. The quantitative estimate of drug-likeness (QED) is 0.524. The first kappa shape index (κ1) is 21.9. The molecule has 3 aromatic rings. The molecule has 2 bridgehead atoms. The summed E-state index contributed by atoms with van der Waals surface area (Å²) in [4.78, 5) is 13.8. The Morgan fingerprint density at radius 3 is 2.91 bits per heavy atom. The standard InChI is InChI=1S/C25H30N6O2S/c1-33-24-12-26-21-4-2-3-20(25(21)29-24)22(32)14-31-18-5-6-19(31)10-17(9-18)27-15-30-8-7-23-16(13-30)11-28-34-23/h2-4,7,11-13,17-19,22,27,32H,5-6,8-10,14-15H2,1H3. The van der Waals surface area contributed by atoms with Gasteiger partial charge in [-0.3, -0.25) is 10.2 Å². The number of aliphatic hydroxyl groups is 1. The van der Waals surface area contributed by atoms with Crippen LogP contribution in [0.1, 0.15) is 37.4 Å². The zero-order valence-electron chi connectivity index (χ0n) is 19.3. The lowest BCUT2D eigenvalue weighted by molar-refractivity contribution is 0.0511. The fourth-order valence-corrected chi connectivity index (χ4v) is 6.40. The van der Waals surface area contributed by atoms with Gasteiger partial charge in [-0.15, -0.1) is 0 Å². The molecule has 2 fully saturated rings. The number of para-hydroxylation sites is 1. The van der Waals surface area contributed by atoms with Crippen LogP contribution in [0.2, 0.25) is 0 Å². The van der Waals surface area contributed by atoms with Crippen molar-refractivity contribution in [3.8, 4) is 5.88 Å². The molecule has 2 saturated heterocycles. The Morgan fingerprint density at radius 1 is 1.24 bits per heavy atom. The van der Waals surface area contributed by atoms with Gasteiger partial charge < -0.3 is 14.7 Å². The molecule has 2 N–H and O–H groups in total. The predicted octanol–water partition coefficient (Wildman–Crippen LogP) is 1.21. The summed E-state index contributed by atoms with van der Waals surface area (Å²) in [6, 6.07) is 7.34. The fraction of sp³-hybridized carbons (Fsp3) is 0.480. The molecule has 6 rings (SSSR count). The Hall–Kier alpha value is -2.59. The molecule has 0 aliphatic carbocycles. The molecule has 2 aromatic heterocycles. The van der Waals surface area contributed by atoms with E-state index in [2.05, 4.69) is 41.7 Å². The van der Waals surface area contributed by atoms with Gasteiger partial charge in [-0.2, -0.15) is 4.37 Å². The normalized spacial score (nSPS) is 25.0. The molecule has 8 nitrogen and oxygen atoms in total. The lowest BCUT2D eigenvalue weighted by atomic mass is 9.96. The molecule has 0 amide bonds. The second-order valence-electron chi connectivity index (χ2n) is 9.51. The van der Waals surface area contributed by atoms with Gasteiger partial charge in [-0.25, -0.2) is 9.97 Å². The van der Waals surface area contributed by atoms with Crippen molar-refractivity contribution in [3.05, 3.63) is 45.9 Å². The van der Waals surface area contributed by atoms with Gasteiger partial charge in [0.05, 0.1) is 41.6 Å². The van der Waals surface area contributed by atoms with Crippen LogP contribution >= 0.6 is 11.5 Å². The number of nitrogens with one attached hydrogen (secondary N) is 1. The molecule has 3 aliphatic rings. The summed E-state index contributed by atoms with van der Waals surface area (Å²) in [6.07, 6.45) is 12.1. The van der Waals surface area contributed by atoms with Crippen molar-refractivity contribution in [1.82, 2.24) is 29.5 Å². The largest absolute Gasteiger partial charge is 0.480 e. The molecule has 34 heavy (non-hydrogen) atoms. The van der Waals surface area contributed by atoms with Crippen molar-refractivity contribution in [3.63, 3.8) is 0 Å². The SMILES string of the molecule is COc1cnc2cccc(C(O)CN3C4CCC3CC(NCN3C=c5cnsc5=CC3)C4)c2n1. The van der Waals surface area contributed by atoms with Crippen LogP contribution in [0.15, 0.2) is 30.6 Å². The van der Waals surface area contributed by atoms with Crippen LogP contribution in [0.4, 0.5) is 0 Å². The molecule has 9 heteroatoms. The highest BCUT2D eigenvalue weighted by Crippen LogP contribution is 2.37. The number of nitrogens with zero attached hydrogens (tertiary/aromatic N) is 5. The van der Waals surface area contributed by atoms with Gasteiger partial charge in [-0.1, -0.05) is 12.1 Å². The van der Waals surface area contributed by atoms with Crippen LogP contribution in [-0.4, -0.2) is 74.2 Å². The van der Waals surface area contributed by atoms with Crippen LogP contribution in [-0.2, 0) is 0 Å². The number of fused-ring (bicyclic) bond motifs is 4. The fourth-order valence-electron chi connectivity index (χ4n) is 5.76. The van der Waals surface area contributed by atoms with Gasteiger partial charge in [0.2, 0.25) is 5.88 Å². The van der Waals surface area contributed by atoms with Gasteiger partial charge in [0.25, 0.3) is 0 Å². The van der Waals surface area contributed by atoms with E-state index in [9.17, 15) is 5.11 Å². The van der Waals surface area contributed by atoms with Crippen molar-refractivity contribution in [2.75, 3.05) is 26.9 Å². The third kappa shape index (κ3) is 4.17. The maximum Gasteiger partial charge on any atom is 0.232 e. The van der Waals surface area contributed by atoms with E-state index in [1.807, 2.05) is 24.4 Å². The summed E-state index contributed by atoms with van der Waals surface area (Å²) in [7, 11) is 1.59. The number of aliphatic hydroxyl groups excluding tert-OH is 1. The lowest BCUT2D eigenvalue weighted by Crippen LogP contribution is -2.51. The third-order valence-corrected chi connectivity index (χ3v) is 8.27. The van der Waals surface area contributed by atoms with E-state index in [1.54, 1.807) is 24.8 Å².